The lowest BCUT2D eigenvalue weighted by Gasteiger charge is -2.20. The van der Waals surface area contributed by atoms with Gasteiger partial charge in [-0.3, -0.25) is 0 Å². The van der Waals surface area contributed by atoms with Crippen LogP contribution in [-0.2, 0) is 13.0 Å². The van der Waals surface area contributed by atoms with Crippen LogP contribution in [0.4, 0.5) is 5.82 Å². The molecule has 1 aromatic heterocycles. The molecular formula is C16H21N3O2. The van der Waals surface area contributed by atoms with Crippen molar-refractivity contribution in [2.24, 2.45) is 5.92 Å². The number of aryl methyl sites for hydroxylation is 1. The van der Waals surface area contributed by atoms with E-state index in [1.807, 2.05) is 18.2 Å². The normalized spacial score (nSPS) is 17.4. The van der Waals surface area contributed by atoms with Gasteiger partial charge in [-0.25, -0.2) is 4.98 Å². The number of hydrogen-bond donors (Lipinski definition) is 1. The number of anilines is 1. The van der Waals surface area contributed by atoms with E-state index in [-0.39, 0.29) is 0 Å². The predicted octanol–water partition coefficient (Wildman–Crippen LogP) is 2.73. The summed E-state index contributed by atoms with van der Waals surface area (Å²) in [5.74, 6) is 3.86. The van der Waals surface area contributed by atoms with Crippen LogP contribution in [0.15, 0.2) is 18.2 Å². The number of hydrogen-bond acceptors (Lipinski definition) is 4. The van der Waals surface area contributed by atoms with Gasteiger partial charge in [-0.1, -0.05) is 6.92 Å². The summed E-state index contributed by atoms with van der Waals surface area (Å²) in [7, 11) is 3.26. The van der Waals surface area contributed by atoms with Gasteiger partial charge in [0.1, 0.15) is 17.3 Å². The first-order chi connectivity index (χ1) is 10.1. The highest BCUT2D eigenvalue weighted by molar-refractivity contribution is 5.73. The first-order valence-corrected chi connectivity index (χ1v) is 7.21. The van der Waals surface area contributed by atoms with Crippen LogP contribution in [0.25, 0.3) is 11.3 Å². The molecule has 1 atom stereocenters. The molecule has 0 aliphatic carbocycles. The van der Waals surface area contributed by atoms with E-state index in [0.29, 0.717) is 17.4 Å². The van der Waals surface area contributed by atoms with Crippen molar-refractivity contribution in [2.75, 3.05) is 20.0 Å². The summed E-state index contributed by atoms with van der Waals surface area (Å²) in [6.45, 7) is 3.19. The van der Waals surface area contributed by atoms with Crippen LogP contribution in [-0.4, -0.2) is 23.8 Å². The lowest BCUT2D eigenvalue weighted by Crippen LogP contribution is -2.19. The topological polar surface area (TPSA) is 62.3 Å². The summed E-state index contributed by atoms with van der Waals surface area (Å²) in [5.41, 5.74) is 8.10. The van der Waals surface area contributed by atoms with E-state index in [1.165, 1.54) is 6.42 Å². The smallest absolute Gasteiger partial charge is 0.161 e. The number of ether oxygens (including phenoxy) is 2. The minimum absolute atomic E-state index is 0.646. The van der Waals surface area contributed by atoms with Crippen LogP contribution >= 0.6 is 0 Å². The van der Waals surface area contributed by atoms with Crippen LogP contribution in [0.2, 0.25) is 0 Å². The van der Waals surface area contributed by atoms with Gasteiger partial charge in [0.2, 0.25) is 0 Å². The molecule has 0 fully saturated rings. The van der Waals surface area contributed by atoms with Gasteiger partial charge in [-0.05, 0) is 30.5 Å². The van der Waals surface area contributed by atoms with Crippen LogP contribution in [0, 0.1) is 5.92 Å². The maximum atomic E-state index is 6.31. The molecular weight excluding hydrogens is 266 g/mol. The molecule has 2 N–H and O–H groups in total. The summed E-state index contributed by atoms with van der Waals surface area (Å²) in [6.07, 6.45) is 2.15. The zero-order valence-electron chi connectivity index (χ0n) is 12.7. The van der Waals surface area contributed by atoms with Gasteiger partial charge in [0.15, 0.2) is 11.5 Å². The Bertz CT molecular complexity index is 664. The van der Waals surface area contributed by atoms with Crippen molar-refractivity contribution < 1.29 is 9.47 Å². The van der Waals surface area contributed by atoms with Crippen molar-refractivity contribution in [1.82, 2.24) is 9.55 Å². The van der Waals surface area contributed by atoms with E-state index >= 15 is 0 Å². The number of nitrogens with two attached hydrogens (primary N) is 1. The summed E-state index contributed by atoms with van der Waals surface area (Å²) >= 11 is 0. The summed E-state index contributed by atoms with van der Waals surface area (Å²) < 4.78 is 12.8. The van der Waals surface area contributed by atoms with Crippen molar-refractivity contribution in [2.45, 2.75) is 26.3 Å². The second-order valence-corrected chi connectivity index (χ2v) is 5.59. The molecule has 0 radical (unpaired) electrons. The molecule has 0 saturated heterocycles. The number of imidazole rings is 1. The summed E-state index contributed by atoms with van der Waals surface area (Å²) in [5, 5.41) is 0. The van der Waals surface area contributed by atoms with Crippen LogP contribution in [0.5, 0.6) is 11.5 Å². The quantitative estimate of drug-likeness (QED) is 0.943. The van der Waals surface area contributed by atoms with Crippen molar-refractivity contribution in [3.63, 3.8) is 0 Å². The van der Waals surface area contributed by atoms with Crippen molar-refractivity contribution in [3.8, 4) is 22.8 Å². The molecule has 0 amide bonds. The lowest BCUT2D eigenvalue weighted by molar-refractivity contribution is 0.355. The van der Waals surface area contributed by atoms with E-state index in [4.69, 9.17) is 20.2 Å². The molecule has 5 nitrogen and oxygen atoms in total. The Labute approximate surface area is 124 Å². The van der Waals surface area contributed by atoms with E-state index < -0.39 is 0 Å². The minimum atomic E-state index is 0.646. The highest BCUT2D eigenvalue weighted by Gasteiger charge is 2.22. The van der Waals surface area contributed by atoms with Crippen molar-refractivity contribution >= 4 is 5.82 Å². The molecule has 0 saturated carbocycles. The number of rotatable bonds is 3. The molecule has 1 aliphatic rings. The third-order valence-corrected chi connectivity index (χ3v) is 4.10. The number of nitrogen functional groups attached to an aromatic ring is 1. The maximum Gasteiger partial charge on any atom is 0.161 e. The van der Waals surface area contributed by atoms with E-state index in [1.54, 1.807) is 14.2 Å². The average molecular weight is 287 g/mol. The van der Waals surface area contributed by atoms with Gasteiger partial charge < -0.3 is 19.8 Å². The Balaban J connectivity index is 2.05. The molecule has 1 aromatic carbocycles. The van der Waals surface area contributed by atoms with Crippen molar-refractivity contribution in [1.29, 1.82) is 0 Å². The third kappa shape index (κ3) is 2.33. The number of methoxy groups -OCH3 is 2. The summed E-state index contributed by atoms with van der Waals surface area (Å²) in [6, 6.07) is 5.77. The number of nitrogens with zero attached hydrogens (tertiary/aromatic N) is 2. The Hall–Kier alpha value is -2.17. The van der Waals surface area contributed by atoms with Gasteiger partial charge in [0.05, 0.1) is 14.2 Å². The third-order valence-electron chi connectivity index (χ3n) is 4.10. The maximum absolute atomic E-state index is 6.31. The largest absolute Gasteiger partial charge is 0.493 e. The summed E-state index contributed by atoms with van der Waals surface area (Å²) in [4.78, 5) is 4.73. The van der Waals surface area contributed by atoms with Gasteiger partial charge in [0.25, 0.3) is 0 Å². The first kappa shape index (κ1) is 13.8. The Morgan fingerprint density at radius 3 is 2.71 bits per heavy atom. The highest BCUT2D eigenvalue weighted by atomic mass is 16.5. The van der Waals surface area contributed by atoms with E-state index in [0.717, 1.165) is 35.9 Å². The van der Waals surface area contributed by atoms with Gasteiger partial charge in [0, 0.05) is 18.5 Å². The number of fused-ring (bicyclic) bond motifs is 1. The second kappa shape index (κ2) is 5.31. The van der Waals surface area contributed by atoms with E-state index in [9.17, 15) is 0 Å². The molecule has 1 unspecified atom stereocenters. The van der Waals surface area contributed by atoms with Gasteiger partial charge in [-0.2, -0.15) is 0 Å². The van der Waals surface area contributed by atoms with Gasteiger partial charge >= 0.3 is 0 Å². The fourth-order valence-electron chi connectivity index (χ4n) is 2.88. The fraction of sp³-hybridized carbons (Fsp3) is 0.438. The molecule has 0 bridgehead atoms. The molecule has 1 aliphatic heterocycles. The SMILES string of the molecule is COc1ccc(-c2nc3n(c2N)CC(C)CC3)cc1OC. The second-order valence-electron chi connectivity index (χ2n) is 5.59. The monoisotopic (exact) mass is 287 g/mol. The molecule has 3 rings (SSSR count). The van der Waals surface area contributed by atoms with Crippen LogP contribution in [0.1, 0.15) is 19.2 Å². The molecule has 0 spiro atoms. The zero-order valence-corrected chi connectivity index (χ0v) is 12.7. The zero-order chi connectivity index (χ0) is 15.0. The first-order valence-electron chi connectivity index (χ1n) is 7.21. The molecule has 2 aromatic rings. The lowest BCUT2D eigenvalue weighted by atomic mass is 10.0. The molecule has 5 heteroatoms. The fourth-order valence-corrected chi connectivity index (χ4v) is 2.88. The molecule has 2 heterocycles. The van der Waals surface area contributed by atoms with E-state index in [2.05, 4.69) is 11.5 Å². The average Bonchev–Trinajstić information content (AvgIpc) is 2.83. The Morgan fingerprint density at radius 2 is 2.00 bits per heavy atom. The van der Waals surface area contributed by atoms with Crippen LogP contribution in [0.3, 0.4) is 0 Å². The number of benzene rings is 1. The Kier molecular flexibility index (Phi) is 3.49. The minimum Gasteiger partial charge on any atom is -0.493 e. The number of aromatic nitrogens is 2. The van der Waals surface area contributed by atoms with Crippen molar-refractivity contribution in [3.05, 3.63) is 24.0 Å². The molecule has 21 heavy (non-hydrogen) atoms. The predicted molar refractivity (Wildman–Crippen MR) is 82.7 cm³/mol. The van der Waals surface area contributed by atoms with Gasteiger partial charge in [-0.15, -0.1) is 0 Å². The standard InChI is InChI=1S/C16H21N3O2/c1-10-4-7-14-18-15(16(17)19(14)9-10)11-5-6-12(20-2)13(8-11)21-3/h5-6,8,10H,4,7,9,17H2,1-3H3. The molecule has 112 valence electrons. The van der Waals surface area contributed by atoms with Crippen LogP contribution < -0.4 is 15.2 Å². The Morgan fingerprint density at radius 1 is 1.24 bits per heavy atom. The highest BCUT2D eigenvalue weighted by Crippen LogP contribution is 2.36.